The number of carbonyl (C=O) groups excluding carboxylic acids is 2. The van der Waals surface area contributed by atoms with Crippen LogP contribution in [0.15, 0.2) is 11.1 Å². The minimum absolute atomic E-state index is 0.0698. The second-order valence-electron chi connectivity index (χ2n) is 7.66. The highest BCUT2D eigenvalue weighted by molar-refractivity contribution is 7.18. The Bertz CT molecular complexity index is 949. The molecule has 7 nitrogen and oxygen atoms in total. The molecule has 8 heteroatoms. The van der Waals surface area contributed by atoms with Crippen LogP contribution in [0.4, 0.5) is 0 Å². The number of carbonyl (C=O) groups is 2. The van der Waals surface area contributed by atoms with Crippen molar-refractivity contribution in [1.82, 2.24) is 14.9 Å². The van der Waals surface area contributed by atoms with E-state index >= 15 is 0 Å². The van der Waals surface area contributed by atoms with Crippen molar-refractivity contribution in [2.75, 3.05) is 7.11 Å². The Labute approximate surface area is 168 Å². The lowest BCUT2D eigenvalue weighted by Crippen LogP contribution is -2.47. The van der Waals surface area contributed by atoms with Gasteiger partial charge in [0.05, 0.1) is 18.8 Å². The van der Waals surface area contributed by atoms with Crippen molar-refractivity contribution in [3.8, 4) is 0 Å². The SMILES string of the molecule is CC[C@H](C)[C@H](NC(=O)Cn1cnc2sc3c(c2c1=O)CC[C@@H](C)C3)C(=O)OC. The summed E-state index contributed by atoms with van der Waals surface area (Å²) in [4.78, 5) is 43.9. The summed E-state index contributed by atoms with van der Waals surface area (Å²) in [6.45, 7) is 5.86. The maximum Gasteiger partial charge on any atom is 0.328 e. The molecule has 0 bridgehead atoms. The molecule has 2 aromatic rings. The minimum Gasteiger partial charge on any atom is -0.467 e. The van der Waals surface area contributed by atoms with Gasteiger partial charge in [-0.05, 0) is 36.7 Å². The van der Waals surface area contributed by atoms with Gasteiger partial charge in [0, 0.05) is 4.88 Å². The van der Waals surface area contributed by atoms with Crippen LogP contribution in [0, 0.1) is 11.8 Å². The lowest BCUT2D eigenvalue weighted by molar-refractivity contribution is -0.146. The summed E-state index contributed by atoms with van der Waals surface area (Å²) in [7, 11) is 1.30. The fraction of sp³-hybridized carbons (Fsp3) is 0.600. The Kier molecular flexibility index (Phi) is 6.17. The first kappa shape index (κ1) is 20.5. The van der Waals surface area contributed by atoms with Gasteiger partial charge >= 0.3 is 5.97 Å². The summed E-state index contributed by atoms with van der Waals surface area (Å²) in [5, 5.41) is 3.35. The molecule has 28 heavy (non-hydrogen) atoms. The van der Waals surface area contributed by atoms with E-state index in [4.69, 9.17) is 4.74 Å². The number of esters is 1. The van der Waals surface area contributed by atoms with Crippen LogP contribution in [0.1, 0.15) is 44.1 Å². The second kappa shape index (κ2) is 8.43. The van der Waals surface area contributed by atoms with Gasteiger partial charge in [-0.15, -0.1) is 11.3 Å². The molecule has 0 saturated heterocycles. The van der Waals surface area contributed by atoms with Crippen molar-refractivity contribution < 1.29 is 14.3 Å². The third-order valence-corrected chi connectivity index (χ3v) is 6.74. The Morgan fingerprint density at radius 2 is 2.21 bits per heavy atom. The van der Waals surface area contributed by atoms with Crippen molar-refractivity contribution in [1.29, 1.82) is 0 Å². The molecular weight excluding hydrogens is 378 g/mol. The van der Waals surface area contributed by atoms with Gasteiger partial charge < -0.3 is 10.1 Å². The topological polar surface area (TPSA) is 90.3 Å². The number of hydrogen-bond acceptors (Lipinski definition) is 6. The molecular formula is C20H27N3O4S. The first-order valence-electron chi connectivity index (χ1n) is 9.72. The zero-order valence-electron chi connectivity index (χ0n) is 16.8. The molecule has 0 unspecified atom stereocenters. The van der Waals surface area contributed by atoms with E-state index in [1.165, 1.54) is 22.9 Å². The average Bonchev–Trinajstić information content (AvgIpc) is 3.05. The summed E-state index contributed by atoms with van der Waals surface area (Å²) >= 11 is 1.58. The number of amides is 1. The molecule has 1 amide bonds. The predicted molar refractivity (Wildman–Crippen MR) is 108 cm³/mol. The van der Waals surface area contributed by atoms with Gasteiger partial charge in [0.15, 0.2) is 0 Å². The number of aryl methyl sites for hydroxylation is 1. The Morgan fingerprint density at radius 3 is 2.89 bits per heavy atom. The van der Waals surface area contributed by atoms with Gasteiger partial charge in [0.2, 0.25) is 5.91 Å². The molecule has 2 aromatic heterocycles. The van der Waals surface area contributed by atoms with Gasteiger partial charge in [-0.25, -0.2) is 9.78 Å². The lowest BCUT2D eigenvalue weighted by Gasteiger charge is -2.22. The highest BCUT2D eigenvalue weighted by Gasteiger charge is 2.27. The molecule has 0 saturated carbocycles. The van der Waals surface area contributed by atoms with Crippen molar-refractivity contribution >= 4 is 33.4 Å². The van der Waals surface area contributed by atoms with E-state index in [-0.39, 0.29) is 18.0 Å². The van der Waals surface area contributed by atoms with Crippen molar-refractivity contribution in [2.24, 2.45) is 11.8 Å². The molecule has 1 N–H and O–H groups in total. The van der Waals surface area contributed by atoms with Gasteiger partial charge in [-0.3, -0.25) is 14.2 Å². The van der Waals surface area contributed by atoms with Gasteiger partial charge in [0.1, 0.15) is 17.4 Å². The number of nitrogens with one attached hydrogen (secondary N) is 1. The number of fused-ring (bicyclic) bond motifs is 3. The first-order chi connectivity index (χ1) is 13.3. The zero-order valence-corrected chi connectivity index (χ0v) is 17.6. The Balaban J connectivity index is 1.84. The standard InChI is InChI=1S/C20H27N3O4S/c1-5-12(3)17(20(26)27-4)22-15(24)9-23-10-21-18-16(19(23)25)13-7-6-11(2)8-14(13)28-18/h10-12,17H,5-9H2,1-4H3,(H,22,24)/t11-,12+,17+/m1/s1. The van der Waals surface area contributed by atoms with E-state index in [2.05, 4.69) is 17.2 Å². The van der Waals surface area contributed by atoms with Gasteiger partial charge in [-0.2, -0.15) is 0 Å². The highest BCUT2D eigenvalue weighted by Crippen LogP contribution is 2.35. The molecule has 1 aliphatic rings. The van der Waals surface area contributed by atoms with E-state index in [1.54, 1.807) is 11.3 Å². The molecule has 0 aromatic carbocycles. The molecule has 3 rings (SSSR count). The van der Waals surface area contributed by atoms with Crippen LogP contribution in [-0.4, -0.2) is 34.6 Å². The quantitative estimate of drug-likeness (QED) is 0.745. The Hall–Kier alpha value is -2.22. The number of thiophene rings is 1. The number of aromatic nitrogens is 2. The van der Waals surface area contributed by atoms with Crippen LogP contribution in [0.5, 0.6) is 0 Å². The molecule has 0 spiro atoms. The predicted octanol–water partition coefficient (Wildman–Crippen LogP) is 2.29. The first-order valence-corrected chi connectivity index (χ1v) is 10.5. The number of hydrogen-bond donors (Lipinski definition) is 1. The van der Waals surface area contributed by atoms with Crippen LogP contribution in [0.2, 0.25) is 0 Å². The second-order valence-corrected chi connectivity index (χ2v) is 8.75. The molecule has 0 radical (unpaired) electrons. The van der Waals surface area contributed by atoms with Gasteiger partial charge in [-0.1, -0.05) is 27.2 Å². The van der Waals surface area contributed by atoms with Crippen LogP contribution in [0.3, 0.4) is 0 Å². The number of rotatable bonds is 6. The van der Waals surface area contributed by atoms with Crippen molar-refractivity contribution in [3.63, 3.8) is 0 Å². The number of methoxy groups -OCH3 is 1. The maximum absolute atomic E-state index is 13.0. The van der Waals surface area contributed by atoms with Crippen LogP contribution < -0.4 is 10.9 Å². The molecule has 3 atom stereocenters. The van der Waals surface area contributed by atoms with Crippen LogP contribution in [-0.2, 0) is 33.7 Å². The van der Waals surface area contributed by atoms with E-state index in [0.717, 1.165) is 29.7 Å². The summed E-state index contributed by atoms with van der Waals surface area (Å²) in [5.41, 5.74) is 0.905. The highest BCUT2D eigenvalue weighted by atomic mass is 32.1. The molecule has 1 aliphatic carbocycles. The van der Waals surface area contributed by atoms with E-state index in [9.17, 15) is 14.4 Å². The van der Waals surface area contributed by atoms with Crippen molar-refractivity contribution in [3.05, 3.63) is 27.1 Å². The third-order valence-electron chi connectivity index (χ3n) is 5.58. The van der Waals surface area contributed by atoms with Crippen molar-refractivity contribution in [2.45, 2.75) is 59.0 Å². The lowest BCUT2D eigenvalue weighted by atomic mass is 9.89. The van der Waals surface area contributed by atoms with Crippen LogP contribution >= 0.6 is 11.3 Å². The van der Waals surface area contributed by atoms with E-state index < -0.39 is 17.9 Å². The largest absolute Gasteiger partial charge is 0.467 e. The zero-order chi connectivity index (χ0) is 20.4. The Morgan fingerprint density at radius 1 is 1.46 bits per heavy atom. The smallest absolute Gasteiger partial charge is 0.328 e. The molecule has 0 fully saturated rings. The van der Waals surface area contributed by atoms with E-state index in [1.807, 2.05) is 13.8 Å². The van der Waals surface area contributed by atoms with Crippen LogP contribution in [0.25, 0.3) is 10.2 Å². The fourth-order valence-corrected chi connectivity index (χ4v) is 4.99. The summed E-state index contributed by atoms with van der Waals surface area (Å²) < 4.78 is 6.12. The molecule has 2 heterocycles. The number of ether oxygens (including phenoxy) is 1. The summed E-state index contributed by atoms with van der Waals surface area (Å²) in [6, 6.07) is -0.731. The maximum atomic E-state index is 13.0. The minimum atomic E-state index is -0.731. The van der Waals surface area contributed by atoms with E-state index in [0.29, 0.717) is 17.7 Å². The summed E-state index contributed by atoms with van der Waals surface area (Å²) in [6.07, 6.45) is 5.05. The monoisotopic (exact) mass is 405 g/mol. The molecule has 0 aliphatic heterocycles. The normalized spacial score (nSPS) is 18.4. The van der Waals surface area contributed by atoms with Gasteiger partial charge in [0.25, 0.3) is 5.56 Å². The number of nitrogens with zero attached hydrogens (tertiary/aromatic N) is 2. The molecule has 152 valence electrons. The average molecular weight is 406 g/mol. The fourth-order valence-electron chi connectivity index (χ4n) is 3.65. The summed E-state index contributed by atoms with van der Waals surface area (Å²) in [5.74, 6) is -0.342. The third kappa shape index (κ3) is 3.97.